The van der Waals surface area contributed by atoms with Crippen LogP contribution < -0.4 is 5.73 Å². The summed E-state index contributed by atoms with van der Waals surface area (Å²) in [5.74, 6) is 0.620. The zero-order chi connectivity index (χ0) is 6.69. The van der Waals surface area contributed by atoms with Gasteiger partial charge in [0.15, 0.2) is 0 Å². The zero-order valence-corrected chi connectivity index (χ0v) is 6.06. The fourth-order valence-electron chi connectivity index (χ4n) is 0.890. The van der Waals surface area contributed by atoms with Crippen molar-refractivity contribution in [3.05, 3.63) is 0 Å². The van der Waals surface area contributed by atoms with Crippen molar-refractivity contribution in [2.75, 3.05) is 6.54 Å². The quantitative estimate of drug-likeness (QED) is 0.512. The monoisotopic (exact) mass is 146 g/mol. The van der Waals surface area contributed by atoms with Crippen molar-refractivity contribution in [1.82, 2.24) is 0 Å². The predicted octanol–water partition coefficient (Wildman–Crippen LogP) is 1.13. The third kappa shape index (κ3) is 1.86. The van der Waals surface area contributed by atoms with Gasteiger partial charge in [-0.1, -0.05) is 0 Å². The van der Waals surface area contributed by atoms with Crippen LogP contribution in [-0.4, -0.2) is 17.8 Å². The Bertz CT molecular complexity index is 122. The van der Waals surface area contributed by atoms with Crippen molar-refractivity contribution in [1.29, 1.82) is 0 Å². The molecule has 0 aromatic heterocycles. The summed E-state index contributed by atoms with van der Waals surface area (Å²) >= 11 is 5.82. The second kappa shape index (κ2) is 3.06. The van der Waals surface area contributed by atoms with E-state index in [9.17, 15) is 0 Å². The number of halogens is 1. The first-order chi connectivity index (χ1) is 4.30. The van der Waals surface area contributed by atoms with E-state index in [0.717, 1.165) is 25.8 Å². The molecule has 3 heteroatoms. The molecule has 0 spiro atoms. The Hall–Kier alpha value is -0.240. The Labute approximate surface area is 60.1 Å². The minimum Gasteiger partial charge on any atom is -0.386 e. The number of nitrogens with zero attached hydrogens (tertiary/aromatic N) is 1. The lowest BCUT2D eigenvalue weighted by molar-refractivity contribution is 0.733. The first kappa shape index (κ1) is 6.87. The van der Waals surface area contributed by atoms with E-state index < -0.39 is 0 Å². The van der Waals surface area contributed by atoms with Crippen LogP contribution in [0, 0.1) is 0 Å². The van der Waals surface area contributed by atoms with Gasteiger partial charge in [0, 0.05) is 6.54 Å². The van der Waals surface area contributed by atoms with Crippen molar-refractivity contribution in [3.8, 4) is 0 Å². The molecule has 1 rings (SSSR count). The highest BCUT2D eigenvalue weighted by Gasteiger charge is 2.10. The van der Waals surface area contributed by atoms with E-state index in [1.807, 2.05) is 0 Å². The molecular weight excluding hydrogens is 136 g/mol. The summed E-state index contributed by atoms with van der Waals surface area (Å²) in [5, 5.41) is -0.00694. The molecule has 0 saturated heterocycles. The Morgan fingerprint density at radius 2 is 2.33 bits per heavy atom. The molecule has 0 bridgehead atoms. The van der Waals surface area contributed by atoms with Crippen molar-refractivity contribution in [2.24, 2.45) is 10.7 Å². The topological polar surface area (TPSA) is 38.4 Å². The van der Waals surface area contributed by atoms with Crippen LogP contribution in [0.5, 0.6) is 0 Å². The minimum absolute atomic E-state index is 0.00694. The summed E-state index contributed by atoms with van der Waals surface area (Å²) in [4.78, 5) is 4.07. The number of amidine groups is 1. The molecule has 0 aliphatic carbocycles. The number of rotatable bonds is 0. The van der Waals surface area contributed by atoms with Gasteiger partial charge in [0.1, 0.15) is 5.84 Å². The summed E-state index contributed by atoms with van der Waals surface area (Å²) in [6, 6.07) is 0. The summed E-state index contributed by atoms with van der Waals surface area (Å²) in [6.07, 6.45) is 3.26. The van der Waals surface area contributed by atoms with Crippen LogP contribution in [0.1, 0.15) is 19.3 Å². The molecule has 9 heavy (non-hydrogen) atoms. The standard InChI is InChI=1S/C6H11ClN2/c7-5-3-1-2-4-9-6(5)8/h5H,1-4H2,(H2,8,9). The second-order valence-electron chi connectivity index (χ2n) is 2.27. The molecule has 0 aromatic rings. The fraction of sp³-hybridized carbons (Fsp3) is 0.833. The minimum atomic E-state index is -0.00694. The normalized spacial score (nSPS) is 29.0. The molecule has 52 valence electrons. The van der Waals surface area contributed by atoms with Gasteiger partial charge in [-0.05, 0) is 19.3 Å². The molecule has 0 saturated carbocycles. The van der Waals surface area contributed by atoms with Crippen molar-refractivity contribution >= 4 is 17.4 Å². The SMILES string of the molecule is NC1=NCCCCC1Cl. The molecule has 1 aliphatic heterocycles. The molecule has 1 aliphatic rings. The maximum atomic E-state index is 5.82. The molecule has 1 atom stereocenters. The highest BCUT2D eigenvalue weighted by molar-refractivity contribution is 6.31. The van der Waals surface area contributed by atoms with E-state index in [2.05, 4.69) is 4.99 Å². The number of hydrogen-bond donors (Lipinski definition) is 1. The third-order valence-electron chi connectivity index (χ3n) is 1.48. The summed E-state index contributed by atoms with van der Waals surface area (Å²) in [5.41, 5.74) is 5.50. The van der Waals surface area contributed by atoms with Crippen LogP contribution in [0.4, 0.5) is 0 Å². The van der Waals surface area contributed by atoms with Crippen molar-refractivity contribution in [2.45, 2.75) is 24.6 Å². The van der Waals surface area contributed by atoms with E-state index >= 15 is 0 Å². The zero-order valence-electron chi connectivity index (χ0n) is 5.31. The lowest BCUT2D eigenvalue weighted by atomic mass is 10.2. The van der Waals surface area contributed by atoms with E-state index in [0.29, 0.717) is 5.84 Å². The first-order valence-corrected chi connectivity index (χ1v) is 3.68. The van der Waals surface area contributed by atoms with Gasteiger partial charge in [-0.25, -0.2) is 0 Å². The Kier molecular flexibility index (Phi) is 2.34. The molecule has 1 unspecified atom stereocenters. The second-order valence-corrected chi connectivity index (χ2v) is 2.80. The van der Waals surface area contributed by atoms with E-state index in [1.54, 1.807) is 0 Å². The molecule has 2 nitrogen and oxygen atoms in total. The van der Waals surface area contributed by atoms with Gasteiger partial charge in [-0.3, -0.25) is 4.99 Å². The van der Waals surface area contributed by atoms with Gasteiger partial charge in [0.2, 0.25) is 0 Å². The Morgan fingerprint density at radius 1 is 1.56 bits per heavy atom. The van der Waals surface area contributed by atoms with Crippen LogP contribution in [0.25, 0.3) is 0 Å². The van der Waals surface area contributed by atoms with Crippen molar-refractivity contribution in [3.63, 3.8) is 0 Å². The number of alkyl halides is 1. The maximum Gasteiger partial charge on any atom is 0.112 e. The number of hydrogen-bond acceptors (Lipinski definition) is 2. The summed E-state index contributed by atoms with van der Waals surface area (Å²) in [7, 11) is 0. The molecule has 0 radical (unpaired) electrons. The van der Waals surface area contributed by atoms with Crippen molar-refractivity contribution < 1.29 is 0 Å². The lowest BCUT2D eigenvalue weighted by Crippen LogP contribution is -2.23. The van der Waals surface area contributed by atoms with Crippen LogP contribution in [0.3, 0.4) is 0 Å². The predicted molar refractivity (Wildman–Crippen MR) is 40.0 cm³/mol. The highest BCUT2D eigenvalue weighted by atomic mass is 35.5. The van der Waals surface area contributed by atoms with Crippen LogP contribution in [-0.2, 0) is 0 Å². The molecule has 1 heterocycles. The number of aliphatic imine (C=N–C) groups is 1. The fourth-order valence-corrected chi connectivity index (χ4v) is 1.11. The van der Waals surface area contributed by atoms with Gasteiger partial charge in [-0.2, -0.15) is 0 Å². The molecule has 0 aromatic carbocycles. The average molecular weight is 147 g/mol. The molecule has 2 N–H and O–H groups in total. The molecule has 0 fully saturated rings. The van der Waals surface area contributed by atoms with Gasteiger partial charge in [0.25, 0.3) is 0 Å². The smallest absolute Gasteiger partial charge is 0.112 e. The average Bonchev–Trinajstić information content (AvgIpc) is 1.99. The molecular formula is C6H11ClN2. The van der Waals surface area contributed by atoms with Crippen LogP contribution >= 0.6 is 11.6 Å². The highest BCUT2D eigenvalue weighted by Crippen LogP contribution is 2.11. The van der Waals surface area contributed by atoms with Gasteiger partial charge in [-0.15, -0.1) is 11.6 Å². The lowest BCUT2D eigenvalue weighted by Gasteiger charge is -2.02. The number of nitrogens with two attached hydrogens (primary N) is 1. The van der Waals surface area contributed by atoms with Crippen LogP contribution in [0.2, 0.25) is 0 Å². The van der Waals surface area contributed by atoms with Crippen LogP contribution in [0.15, 0.2) is 4.99 Å². The van der Waals surface area contributed by atoms with Gasteiger partial charge in [0.05, 0.1) is 5.38 Å². The Morgan fingerprint density at radius 3 is 3.11 bits per heavy atom. The largest absolute Gasteiger partial charge is 0.386 e. The van der Waals surface area contributed by atoms with Gasteiger partial charge >= 0.3 is 0 Å². The summed E-state index contributed by atoms with van der Waals surface area (Å²) in [6.45, 7) is 0.856. The Balaban J connectivity index is 2.51. The van der Waals surface area contributed by atoms with Gasteiger partial charge < -0.3 is 5.73 Å². The van der Waals surface area contributed by atoms with E-state index in [1.165, 1.54) is 0 Å². The maximum absolute atomic E-state index is 5.82. The van der Waals surface area contributed by atoms with E-state index in [4.69, 9.17) is 17.3 Å². The summed E-state index contributed by atoms with van der Waals surface area (Å²) < 4.78 is 0. The first-order valence-electron chi connectivity index (χ1n) is 3.24. The third-order valence-corrected chi connectivity index (χ3v) is 1.92. The van der Waals surface area contributed by atoms with E-state index in [-0.39, 0.29) is 5.38 Å². The molecule has 0 amide bonds.